The summed E-state index contributed by atoms with van der Waals surface area (Å²) in [6.45, 7) is 4.08. The Kier molecular flexibility index (Phi) is 8.70. The Morgan fingerprint density at radius 2 is 1.06 bits per heavy atom. The Morgan fingerprint density at radius 3 is 1.44 bits per heavy atom. The van der Waals surface area contributed by atoms with Crippen molar-refractivity contribution in [3.8, 4) is 0 Å². The van der Waals surface area contributed by atoms with Gasteiger partial charge in [0.15, 0.2) is 0 Å². The van der Waals surface area contributed by atoms with Crippen LogP contribution in [0.1, 0.15) is 30.6 Å². The van der Waals surface area contributed by atoms with E-state index in [-0.39, 0.29) is 17.8 Å². The molecule has 4 nitrogen and oxygen atoms in total. The van der Waals surface area contributed by atoms with Gasteiger partial charge in [-0.2, -0.15) is 0 Å². The van der Waals surface area contributed by atoms with Crippen LogP contribution >= 0.6 is 0 Å². The van der Waals surface area contributed by atoms with Gasteiger partial charge in [-0.15, -0.1) is 0 Å². The van der Waals surface area contributed by atoms with Gasteiger partial charge in [0.05, 0.1) is 0 Å². The maximum atomic E-state index is 14.0. The molecule has 0 heterocycles. The molecule has 0 bridgehead atoms. The average Bonchev–Trinajstić information content (AvgIpc) is 2.93. The van der Waals surface area contributed by atoms with E-state index in [1.165, 1.54) is 0 Å². The maximum absolute atomic E-state index is 14.0. The van der Waals surface area contributed by atoms with E-state index in [1.54, 1.807) is 12.1 Å². The molecular weight excluding hydrogens is 642 g/mol. The third kappa shape index (κ3) is 5.93. The summed E-state index contributed by atoms with van der Waals surface area (Å²) in [7, 11) is 0. The Hall–Kier alpha value is -3.26. The van der Waals surface area contributed by atoms with Gasteiger partial charge >= 0.3 is 220 Å². The fraction of sp³-hybridized carbons (Fsp3) is 0.161. The molecule has 0 aliphatic carbocycles. The van der Waals surface area contributed by atoms with Crippen LogP contribution in [0.2, 0.25) is 0 Å². The summed E-state index contributed by atoms with van der Waals surface area (Å²) in [6, 6.07) is 38.5. The second kappa shape index (κ2) is 12.1. The van der Waals surface area contributed by atoms with E-state index in [0.29, 0.717) is 12.0 Å². The standard InChI is InChI=1S/C13H17NO3.3C6H5.Pb/c1-9(2)8-11(13(16)17)14-12(15)10-6-4-3-5-7-10;3*1-2-4-6-5-3-1;/h3-7,9,11H,8H2,1-2H3,(H,14,15)(H,16,17);3*1-5H;/q;;;;+1/p-1. The van der Waals surface area contributed by atoms with Crippen molar-refractivity contribution in [1.29, 1.82) is 0 Å². The molecule has 4 rings (SSSR count). The molecule has 36 heavy (non-hydrogen) atoms. The molecule has 0 saturated carbocycles. The molecular formula is C31H31NO3Pb. The fourth-order valence-corrected chi connectivity index (χ4v) is 19.1. The van der Waals surface area contributed by atoms with Crippen molar-refractivity contribution in [2.45, 2.75) is 26.3 Å². The third-order valence-corrected chi connectivity index (χ3v) is 21.5. The molecule has 1 unspecified atom stereocenters. The van der Waals surface area contributed by atoms with Crippen LogP contribution in [0.25, 0.3) is 0 Å². The van der Waals surface area contributed by atoms with Gasteiger partial charge in [-0.05, 0) is 0 Å². The number of hydrogen-bond donors (Lipinski definition) is 1. The average molecular weight is 673 g/mol. The van der Waals surface area contributed by atoms with Crippen LogP contribution in [-0.2, 0) is 7.48 Å². The first-order valence-corrected chi connectivity index (χ1v) is 19.7. The number of amides is 1. The van der Waals surface area contributed by atoms with Crippen LogP contribution in [0.15, 0.2) is 121 Å². The van der Waals surface area contributed by atoms with E-state index >= 15 is 0 Å². The van der Waals surface area contributed by atoms with Crippen molar-refractivity contribution in [3.63, 3.8) is 0 Å². The van der Waals surface area contributed by atoms with Crippen molar-refractivity contribution in [2.75, 3.05) is 0 Å². The predicted molar refractivity (Wildman–Crippen MR) is 147 cm³/mol. The molecule has 4 aromatic carbocycles. The van der Waals surface area contributed by atoms with Crippen LogP contribution in [0.4, 0.5) is 0 Å². The van der Waals surface area contributed by atoms with Crippen LogP contribution in [0, 0.1) is 5.92 Å². The summed E-state index contributed by atoms with van der Waals surface area (Å²) in [4.78, 5) is 27.0. The molecule has 182 valence electrons. The van der Waals surface area contributed by atoms with E-state index in [9.17, 15) is 9.59 Å². The van der Waals surface area contributed by atoms with Crippen LogP contribution in [-0.4, -0.2) is 39.5 Å². The number of benzene rings is 4. The molecule has 0 aliphatic rings. The van der Waals surface area contributed by atoms with Crippen molar-refractivity contribution in [3.05, 3.63) is 127 Å². The van der Waals surface area contributed by atoms with Crippen molar-refractivity contribution in [1.82, 2.24) is 5.32 Å². The summed E-state index contributed by atoms with van der Waals surface area (Å²) < 4.78 is 9.91. The zero-order valence-corrected chi connectivity index (χ0v) is 24.5. The molecule has 4 aromatic rings. The summed E-state index contributed by atoms with van der Waals surface area (Å²) >= 11 is -4.46. The second-order valence-electron chi connectivity index (χ2n) is 9.22. The van der Waals surface area contributed by atoms with Gasteiger partial charge in [0.2, 0.25) is 0 Å². The quantitative estimate of drug-likeness (QED) is 0.274. The molecule has 5 heteroatoms. The first kappa shape index (κ1) is 25.8. The Morgan fingerprint density at radius 1 is 0.667 bits per heavy atom. The van der Waals surface area contributed by atoms with E-state index in [0.717, 1.165) is 9.37 Å². The van der Waals surface area contributed by atoms with Crippen molar-refractivity contribution in [2.24, 2.45) is 5.92 Å². The Bertz CT molecular complexity index is 1170. The predicted octanol–water partition coefficient (Wildman–Crippen LogP) is 4.04. The van der Waals surface area contributed by atoms with E-state index in [1.807, 2.05) is 86.6 Å². The molecule has 0 spiro atoms. The minimum absolute atomic E-state index is 0.190. The summed E-state index contributed by atoms with van der Waals surface area (Å²) in [6.07, 6.45) is 0.486. The van der Waals surface area contributed by atoms with Gasteiger partial charge in [-0.25, -0.2) is 0 Å². The zero-order valence-electron chi connectivity index (χ0n) is 20.6. The summed E-state index contributed by atoms with van der Waals surface area (Å²) in [5.41, 5.74) is 0.518. The van der Waals surface area contributed by atoms with Crippen LogP contribution in [0.3, 0.4) is 0 Å². The Labute approximate surface area is 218 Å². The van der Waals surface area contributed by atoms with Gasteiger partial charge in [-0.3, -0.25) is 0 Å². The molecule has 0 aromatic heterocycles. The SMILES string of the molecule is CC(C)CC(NC(=O)c1ccccc1)C(=O)[O][Pb]([c]1ccccc1)([c]1ccccc1)[c]1ccccc1. The summed E-state index contributed by atoms with van der Waals surface area (Å²) in [5, 5.41) is 2.96. The molecule has 0 fully saturated rings. The van der Waals surface area contributed by atoms with Gasteiger partial charge < -0.3 is 0 Å². The number of carbonyl (C=O) groups excluding carboxylic acids is 2. The van der Waals surface area contributed by atoms with Gasteiger partial charge in [-0.1, -0.05) is 0 Å². The topological polar surface area (TPSA) is 55.4 Å². The van der Waals surface area contributed by atoms with Gasteiger partial charge in [0, 0.05) is 0 Å². The molecule has 1 atom stereocenters. The second-order valence-corrected chi connectivity index (χ2v) is 22.0. The van der Waals surface area contributed by atoms with Gasteiger partial charge in [0.1, 0.15) is 0 Å². The van der Waals surface area contributed by atoms with Gasteiger partial charge in [0.25, 0.3) is 0 Å². The number of nitrogens with one attached hydrogen (secondary N) is 1. The monoisotopic (exact) mass is 673 g/mol. The Balaban J connectivity index is 1.79. The first-order chi connectivity index (χ1) is 17.5. The fourth-order valence-electron chi connectivity index (χ4n) is 4.43. The number of carbonyl (C=O) groups is 2. The molecule has 0 radical (unpaired) electrons. The zero-order chi connectivity index (χ0) is 25.4. The molecule has 0 aliphatic heterocycles. The van der Waals surface area contributed by atoms with Crippen molar-refractivity contribution >= 4 is 42.9 Å². The van der Waals surface area contributed by atoms with E-state index in [2.05, 4.69) is 41.7 Å². The number of rotatable bonds is 9. The normalized spacial score (nSPS) is 12.1. The first-order valence-electron chi connectivity index (χ1n) is 12.3. The number of hydrogen-bond acceptors (Lipinski definition) is 3. The van der Waals surface area contributed by atoms with Crippen LogP contribution in [0.5, 0.6) is 0 Å². The minimum atomic E-state index is -4.46. The van der Waals surface area contributed by atoms with E-state index < -0.39 is 27.7 Å². The van der Waals surface area contributed by atoms with Crippen molar-refractivity contribution < 1.29 is 12.3 Å². The molecule has 0 saturated heterocycles. The van der Waals surface area contributed by atoms with Crippen LogP contribution < -0.4 is 14.7 Å². The molecule has 1 amide bonds. The van der Waals surface area contributed by atoms with E-state index in [4.69, 9.17) is 2.69 Å². The third-order valence-electron chi connectivity index (χ3n) is 6.13. The summed E-state index contributed by atoms with van der Waals surface area (Å²) in [5.74, 6) is -0.472. The molecule has 1 N–H and O–H groups in total.